The summed E-state index contributed by atoms with van der Waals surface area (Å²) in [6, 6.07) is 3.46. The van der Waals surface area contributed by atoms with Crippen molar-refractivity contribution in [3.63, 3.8) is 0 Å². The van der Waals surface area contributed by atoms with Gasteiger partial charge in [0.05, 0.1) is 0 Å². The molecule has 0 unspecified atom stereocenters. The molecular formula is C7H6N2O2. The predicted molar refractivity (Wildman–Crippen MR) is 37.2 cm³/mol. The van der Waals surface area contributed by atoms with Crippen molar-refractivity contribution in [1.82, 2.24) is 10.3 Å². The van der Waals surface area contributed by atoms with Crippen LogP contribution in [0.3, 0.4) is 0 Å². The molecule has 1 aliphatic rings. The van der Waals surface area contributed by atoms with Crippen molar-refractivity contribution in [2.75, 3.05) is 6.73 Å². The first-order valence-corrected chi connectivity index (χ1v) is 3.24. The van der Waals surface area contributed by atoms with Crippen LogP contribution in [-0.4, -0.2) is 17.6 Å². The van der Waals surface area contributed by atoms with Crippen molar-refractivity contribution < 1.29 is 9.53 Å². The SMILES string of the molecule is O=C1NCOc2cccnc21. The van der Waals surface area contributed by atoms with Crippen LogP contribution in [0.25, 0.3) is 0 Å². The van der Waals surface area contributed by atoms with E-state index in [1.165, 1.54) is 0 Å². The van der Waals surface area contributed by atoms with Crippen LogP contribution in [0.5, 0.6) is 5.75 Å². The molecule has 0 aliphatic carbocycles. The number of aromatic nitrogens is 1. The van der Waals surface area contributed by atoms with Crippen LogP contribution in [-0.2, 0) is 0 Å². The third-order valence-corrected chi connectivity index (χ3v) is 1.45. The van der Waals surface area contributed by atoms with Crippen LogP contribution in [0.4, 0.5) is 0 Å². The maximum atomic E-state index is 11.0. The number of fused-ring (bicyclic) bond motifs is 1. The summed E-state index contributed by atoms with van der Waals surface area (Å²) in [5.41, 5.74) is 0.360. The number of nitrogens with one attached hydrogen (secondary N) is 1. The molecule has 1 aromatic rings. The Kier molecular flexibility index (Phi) is 1.25. The molecule has 4 nitrogen and oxygen atoms in total. The van der Waals surface area contributed by atoms with Crippen molar-refractivity contribution in [2.24, 2.45) is 0 Å². The standard InChI is InChI=1S/C7H6N2O2/c10-7-6-5(11-4-9-7)2-1-3-8-6/h1-3H,4H2,(H,9,10). The molecule has 56 valence electrons. The third kappa shape index (κ3) is 0.920. The zero-order valence-electron chi connectivity index (χ0n) is 5.70. The molecule has 0 saturated heterocycles. The van der Waals surface area contributed by atoms with Gasteiger partial charge in [-0.1, -0.05) is 0 Å². The topological polar surface area (TPSA) is 51.2 Å². The minimum atomic E-state index is -0.174. The molecule has 1 aliphatic heterocycles. The highest BCUT2D eigenvalue weighted by atomic mass is 16.5. The zero-order valence-corrected chi connectivity index (χ0v) is 5.70. The van der Waals surface area contributed by atoms with Crippen molar-refractivity contribution in [3.05, 3.63) is 24.0 Å². The van der Waals surface area contributed by atoms with Crippen LogP contribution < -0.4 is 10.1 Å². The van der Waals surface area contributed by atoms with Crippen molar-refractivity contribution in [2.45, 2.75) is 0 Å². The molecule has 1 N–H and O–H groups in total. The second-order valence-electron chi connectivity index (χ2n) is 2.14. The average Bonchev–Trinajstić information content (AvgIpc) is 2.06. The van der Waals surface area contributed by atoms with Crippen molar-refractivity contribution >= 4 is 5.91 Å². The smallest absolute Gasteiger partial charge is 0.276 e. The summed E-state index contributed by atoms with van der Waals surface area (Å²) >= 11 is 0. The van der Waals surface area contributed by atoms with Gasteiger partial charge in [-0.15, -0.1) is 0 Å². The number of hydrogen-bond donors (Lipinski definition) is 1. The summed E-state index contributed by atoms with van der Waals surface area (Å²) in [7, 11) is 0. The lowest BCUT2D eigenvalue weighted by Gasteiger charge is -2.15. The van der Waals surface area contributed by atoms with Gasteiger partial charge in [0.1, 0.15) is 0 Å². The summed E-state index contributed by atoms with van der Waals surface area (Å²) < 4.78 is 5.10. The van der Waals surface area contributed by atoms with Gasteiger partial charge in [-0.3, -0.25) is 4.79 Å². The molecule has 1 amide bonds. The molecule has 0 bridgehead atoms. The highest BCUT2D eigenvalue weighted by Gasteiger charge is 2.17. The Labute approximate surface area is 63.2 Å². The quantitative estimate of drug-likeness (QED) is 0.573. The molecule has 1 aromatic heterocycles. The molecule has 0 spiro atoms. The van der Waals surface area contributed by atoms with E-state index in [0.717, 1.165) is 0 Å². The van der Waals surface area contributed by atoms with E-state index in [1.807, 2.05) is 0 Å². The van der Waals surface area contributed by atoms with Gasteiger partial charge in [0.25, 0.3) is 5.91 Å². The zero-order chi connectivity index (χ0) is 7.68. The number of carbonyl (C=O) groups excluding carboxylic acids is 1. The van der Waals surface area contributed by atoms with E-state index in [9.17, 15) is 4.79 Å². The van der Waals surface area contributed by atoms with Crippen LogP contribution in [0.2, 0.25) is 0 Å². The number of amides is 1. The van der Waals surface area contributed by atoms with Gasteiger partial charge in [0.15, 0.2) is 18.2 Å². The highest BCUT2D eigenvalue weighted by Crippen LogP contribution is 2.16. The summed E-state index contributed by atoms with van der Waals surface area (Å²) in [5.74, 6) is 0.378. The predicted octanol–water partition coefficient (Wildman–Crippen LogP) is 0.161. The monoisotopic (exact) mass is 150 g/mol. The number of carbonyl (C=O) groups is 1. The first-order valence-electron chi connectivity index (χ1n) is 3.24. The average molecular weight is 150 g/mol. The fourth-order valence-corrected chi connectivity index (χ4v) is 0.941. The third-order valence-electron chi connectivity index (χ3n) is 1.45. The fraction of sp³-hybridized carbons (Fsp3) is 0.143. The van der Waals surface area contributed by atoms with Gasteiger partial charge < -0.3 is 10.1 Å². The maximum absolute atomic E-state index is 11.0. The lowest BCUT2D eigenvalue weighted by atomic mass is 10.3. The Morgan fingerprint density at radius 2 is 2.55 bits per heavy atom. The van der Waals surface area contributed by atoms with Crippen molar-refractivity contribution in [1.29, 1.82) is 0 Å². The van der Waals surface area contributed by atoms with E-state index < -0.39 is 0 Å². The molecule has 11 heavy (non-hydrogen) atoms. The van der Waals surface area contributed by atoms with Crippen LogP contribution in [0.1, 0.15) is 10.5 Å². The van der Waals surface area contributed by atoms with E-state index in [-0.39, 0.29) is 12.6 Å². The first-order chi connectivity index (χ1) is 5.38. The lowest BCUT2D eigenvalue weighted by molar-refractivity contribution is 0.0876. The Bertz CT molecular complexity index is 298. The Balaban J connectivity index is 2.52. The molecule has 0 fully saturated rings. The molecular weight excluding hydrogens is 144 g/mol. The van der Waals surface area contributed by atoms with E-state index in [2.05, 4.69) is 10.3 Å². The van der Waals surface area contributed by atoms with Gasteiger partial charge in [-0.2, -0.15) is 0 Å². The molecule has 0 atom stereocenters. The normalized spacial score (nSPS) is 14.7. The number of ether oxygens (including phenoxy) is 1. The Hall–Kier alpha value is -1.58. The second-order valence-corrected chi connectivity index (χ2v) is 2.14. The number of pyridine rings is 1. The minimum Gasteiger partial charge on any atom is -0.471 e. The molecule has 0 aromatic carbocycles. The highest BCUT2D eigenvalue weighted by molar-refractivity contribution is 5.95. The summed E-state index contributed by atoms with van der Waals surface area (Å²) in [6.45, 7) is 0.234. The maximum Gasteiger partial charge on any atom is 0.276 e. The molecule has 0 saturated carbocycles. The number of hydrogen-bond acceptors (Lipinski definition) is 3. The lowest BCUT2D eigenvalue weighted by Crippen LogP contribution is -2.33. The van der Waals surface area contributed by atoms with Gasteiger partial charge in [0.2, 0.25) is 0 Å². The summed E-state index contributed by atoms with van der Waals surface area (Å²) in [5, 5.41) is 2.51. The summed E-state index contributed by atoms with van der Waals surface area (Å²) in [6.07, 6.45) is 1.56. The molecule has 2 heterocycles. The van der Waals surface area contributed by atoms with Gasteiger partial charge in [0, 0.05) is 6.20 Å². The Morgan fingerprint density at radius 1 is 1.64 bits per heavy atom. The van der Waals surface area contributed by atoms with Crippen LogP contribution in [0.15, 0.2) is 18.3 Å². The summed E-state index contributed by atoms with van der Waals surface area (Å²) in [4.78, 5) is 14.9. The van der Waals surface area contributed by atoms with Gasteiger partial charge >= 0.3 is 0 Å². The molecule has 0 radical (unpaired) electrons. The second kappa shape index (κ2) is 2.23. The Morgan fingerprint density at radius 3 is 3.36 bits per heavy atom. The van der Waals surface area contributed by atoms with Gasteiger partial charge in [-0.25, -0.2) is 4.98 Å². The first kappa shape index (κ1) is 6.15. The minimum absolute atomic E-state index is 0.174. The molecule has 4 heteroatoms. The van der Waals surface area contributed by atoms with Crippen LogP contribution >= 0.6 is 0 Å². The van der Waals surface area contributed by atoms with E-state index >= 15 is 0 Å². The largest absolute Gasteiger partial charge is 0.471 e. The van der Waals surface area contributed by atoms with Crippen LogP contribution in [0, 0.1) is 0 Å². The fourth-order valence-electron chi connectivity index (χ4n) is 0.941. The van der Waals surface area contributed by atoms with E-state index in [4.69, 9.17) is 4.74 Å². The van der Waals surface area contributed by atoms with E-state index in [1.54, 1.807) is 18.3 Å². The van der Waals surface area contributed by atoms with E-state index in [0.29, 0.717) is 11.4 Å². The number of nitrogens with zero attached hydrogens (tertiary/aromatic N) is 1. The molecule has 2 rings (SSSR count). The van der Waals surface area contributed by atoms with Crippen molar-refractivity contribution in [3.8, 4) is 5.75 Å². The van der Waals surface area contributed by atoms with Gasteiger partial charge in [-0.05, 0) is 12.1 Å². The number of rotatable bonds is 0.